The Hall–Kier alpha value is -0.375. The predicted octanol–water partition coefficient (Wildman–Crippen LogP) is 1.61. The maximum atomic E-state index is 11.0. The molecule has 0 aliphatic rings. The fourth-order valence-corrected chi connectivity index (χ4v) is 1.42. The molecule has 1 rings (SSSR count). The zero-order valence-electron chi connectivity index (χ0n) is 6.33. The van der Waals surface area contributed by atoms with E-state index < -0.39 is 0 Å². The molecule has 0 radical (unpaired) electrons. The van der Waals surface area contributed by atoms with E-state index in [1.54, 1.807) is 12.1 Å². The van der Waals surface area contributed by atoms with Crippen molar-refractivity contribution in [2.75, 3.05) is 0 Å². The molecule has 0 aliphatic heterocycles. The summed E-state index contributed by atoms with van der Waals surface area (Å²) in [6, 6.07) is 7.37. The monoisotopic (exact) mass is 337 g/mol. The van der Waals surface area contributed by atoms with Crippen LogP contribution in [-0.4, -0.2) is 5.97 Å². The summed E-state index contributed by atoms with van der Waals surface area (Å²) in [6.07, 6.45) is 0. The summed E-state index contributed by atoms with van der Waals surface area (Å²) in [5, 5.41) is 0. The van der Waals surface area contributed by atoms with Gasteiger partial charge in [-0.2, -0.15) is 0 Å². The Morgan fingerprint density at radius 2 is 1.91 bits per heavy atom. The van der Waals surface area contributed by atoms with Gasteiger partial charge in [-0.05, 0) is 0 Å². The van der Waals surface area contributed by atoms with Crippen molar-refractivity contribution >= 4 is 5.97 Å². The molecule has 0 fully saturated rings. The quantitative estimate of drug-likeness (QED) is 0.729. The molecule has 53 valence electrons. The van der Waals surface area contributed by atoms with Crippen molar-refractivity contribution in [3.8, 4) is 0 Å². The van der Waals surface area contributed by atoms with Crippen LogP contribution in [0.4, 0.5) is 0 Å². The zero-order chi connectivity index (χ0) is 8.27. The molecule has 0 spiro atoms. The van der Waals surface area contributed by atoms with Gasteiger partial charge in [-0.15, -0.1) is 0 Å². The Bertz CT molecular complexity index is 253. The van der Waals surface area contributed by atoms with Crippen LogP contribution < -0.4 is 0 Å². The molecule has 0 saturated carbocycles. The van der Waals surface area contributed by atoms with Crippen molar-refractivity contribution in [1.29, 1.82) is 0 Å². The third-order valence-electron chi connectivity index (χ3n) is 1.42. The van der Waals surface area contributed by atoms with Gasteiger partial charge in [0.25, 0.3) is 0 Å². The number of aryl methyl sites for hydroxylation is 1. The van der Waals surface area contributed by atoms with Gasteiger partial charge < -0.3 is 0 Å². The second-order valence-electron chi connectivity index (χ2n) is 2.30. The minimum atomic E-state index is -0.201. The Labute approximate surface area is 82.2 Å². The molecule has 2 nitrogen and oxygen atoms in total. The molecule has 1 aromatic carbocycles. The second-order valence-corrected chi connectivity index (χ2v) is 3.42. The summed E-state index contributed by atoms with van der Waals surface area (Å²) < 4.78 is 4.73. The average molecular weight is 336 g/mol. The number of carbonyl (C=O) groups is 1. The van der Waals surface area contributed by atoms with Crippen molar-refractivity contribution in [2.45, 2.75) is 6.92 Å². The van der Waals surface area contributed by atoms with Crippen LogP contribution in [0.3, 0.4) is 0 Å². The Kier molecular flexibility index (Phi) is 3.06. The van der Waals surface area contributed by atoms with E-state index in [-0.39, 0.29) is 32.5 Å². The predicted molar refractivity (Wildman–Crippen MR) is 36.6 cm³/mol. The van der Waals surface area contributed by atoms with E-state index in [9.17, 15) is 4.79 Å². The standard InChI is InChI=1S/C8H8O2.Hg/c1-6-2-4-7(5-3-6)8(9)10;/h2-5H,1H3,(H,9,10);/q;+1/p-1. The molecule has 0 N–H and O–H groups in total. The van der Waals surface area contributed by atoms with E-state index in [1.807, 2.05) is 19.1 Å². The molecule has 1 aromatic rings. The van der Waals surface area contributed by atoms with Gasteiger partial charge in [-0.1, -0.05) is 0 Å². The molecule has 0 atom stereocenters. The zero-order valence-corrected chi connectivity index (χ0v) is 11.8. The first-order valence-electron chi connectivity index (χ1n) is 3.27. The van der Waals surface area contributed by atoms with Gasteiger partial charge in [0.05, 0.1) is 0 Å². The van der Waals surface area contributed by atoms with E-state index in [0.717, 1.165) is 5.56 Å². The summed E-state index contributed by atoms with van der Waals surface area (Å²) >= 11 is 0.0879. The van der Waals surface area contributed by atoms with Crippen molar-refractivity contribution < 1.29 is 34.0 Å². The third-order valence-corrected chi connectivity index (χ3v) is 2.44. The Balaban J connectivity index is 2.90. The van der Waals surface area contributed by atoms with Crippen molar-refractivity contribution in [3.63, 3.8) is 0 Å². The van der Waals surface area contributed by atoms with E-state index in [1.165, 1.54) is 0 Å². The molecule has 0 saturated heterocycles. The fraction of sp³-hybridized carbons (Fsp3) is 0.125. The third kappa shape index (κ3) is 2.29. The van der Waals surface area contributed by atoms with E-state index in [2.05, 4.69) is 0 Å². The topological polar surface area (TPSA) is 26.3 Å². The Morgan fingerprint density at radius 1 is 1.36 bits per heavy atom. The van der Waals surface area contributed by atoms with Gasteiger partial charge in [-0.25, -0.2) is 0 Å². The van der Waals surface area contributed by atoms with Gasteiger partial charge >= 0.3 is 82.3 Å². The second kappa shape index (κ2) is 3.86. The number of hydrogen-bond donors (Lipinski definition) is 0. The van der Waals surface area contributed by atoms with Gasteiger partial charge in [0.15, 0.2) is 0 Å². The van der Waals surface area contributed by atoms with Gasteiger partial charge in [-0.3, -0.25) is 0 Å². The fourth-order valence-electron chi connectivity index (χ4n) is 0.773. The number of rotatable bonds is 1. The van der Waals surface area contributed by atoms with Crippen molar-refractivity contribution in [1.82, 2.24) is 0 Å². The Morgan fingerprint density at radius 3 is 2.36 bits per heavy atom. The summed E-state index contributed by atoms with van der Waals surface area (Å²) in [5.41, 5.74) is 1.80. The van der Waals surface area contributed by atoms with Crippen molar-refractivity contribution in [3.05, 3.63) is 35.4 Å². The molecule has 0 heterocycles. The van der Waals surface area contributed by atoms with Crippen LogP contribution in [0.15, 0.2) is 24.3 Å². The van der Waals surface area contributed by atoms with E-state index in [4.69, 9.17) is 2.64 Å². The summed E-state index contributed by atoms with van der Waals surface area (Å²) in [5.74, 6) is -0.201. The van der Waals surface area contributed by atoms with Gasteiger partial charge in [0.1, 0.15) is 0 Å². The molecule has 0 unspecified atom stereocenters. The normalized spacial score (nSPS) is 9.36. The van der Waals surface area contributed by atoms with Crippen molar-refractivity contribution in [2.24, 2.45) is 0 Å². The van der Waals surface area contributed by atoms with Gasteiger partial charge in [0, 0.05) is 0 Å². The molecular formula is C8H7HgO2. The van der Waals surface area contributed by atoms with Crippen LogP contribution in [-0.2, 0) is 29.2 Å². The first kappa shape index (κ1) is 8.72. The van der Waals surface area contributed by atoms with Crippen LogP contribution >= 0.6 is 0 Å². The SMILES string of the molecule is Cc1ccc(C(=O)[O][Hg])cc1. The molecule has 0 bridgehead atoms. The van der Waals surface area contributed by atoms with Crippen LogP contribution in [0, 0.1) is 6.92 Å². The molecular weight excluding hydrogens is 329 g/mol. The molecule has 0 amide bonds. The summed E-state index contributed by atoms with van der Waals surface area (Å²) in [7, 11) is 0. The van der Waals surface area contributed by atoms with E-state index in [0.29, 0.717) is 5.56 Å². The molecule has 0 aliphatic carbocycles. The minimum absolute atomic E-state index is 0.0879. The first-order chi connectivity index (χ1) is 5.24. The number of carbonyl (C=O) groups excluding carboxylic acids is 1. The first-order valence-corrected chi connectivity index (χ1v) is 5.51. The number of hydrogen-bond acceptors (Lipinski definition) is 2. The van der Waals surface area contributed by atoms with Crippen LogP contribution in [0.5, 0.6) is 0 Å². The van der Waals surface area contributed by atoms with Gasteiger partial charge in [0.2, 0.25) is 0 Å². The maximum absolute atomic E-state index is 11.0. The summed E-state index contributed by atoms with van der Waals surface area (Å²) in [6.45, 7) is 1.99. The van der Waals surface area contributed by atoms with E-state index >= 15 is 0 Å². The number of benzene rings is 1. The van der Waals surface area contributed by atoms with Crippen LogP contribution in [0.25, 0.3) is 0 Å². The van der Waals surface area contributed by atoms with Crippen LogP contribution in [0.1, 0.15) is 15.9 Å². The van der Waals surface area contributed by atoms with Crippen LogP contribution in [0.2, 0.25) is 0 Å². The molecule has 11 heavy (non-hydrogen) atoms. The average Bonchev–Trinajstić information content (AvgIpc) is 2.05. The molecule has 0 aromatic heterocycles. The summed E-state index contributed by atoms with van der Waals surface area (Å²) in [4.78, 5) is 11.0. The molecule has 3 heteroatoms.